The molecule has 0 fully saturated rings. The number of aromatic nitrogens is 3. The summed E-state index contributed by atoms with van der Waals surface area (Å²) in [6.07, 6.45) is 3.56. The van der Waals surface area contributed by atoms with Crippen molar-refractivity contribution in [3.63, 3.8) is 0 Å². The van der Waals surface area contributed by atoms with Crippen LogP contribution in [0, 0.1) is 13.8 Å². The summed E-state index contributed by atoms with van der Waals surface area (Å²) in [6.45, 7) is 4.39. The van der Waals surface area contributed by atoms with Gasteiger partial charge in [-0.1, -0.05) is 84.9 Å². The summed E-state index contributed by atoms with van der Waals surface area (Å²) in [6, 6.07) is 41.2. The molecule has 0 unspecified atom stereocenters. The van der Waals surface area contributed by atoms with E-state index in [4.69, 9.17) is 0 Å². The molecule has 0 saturated heterocycles. The smallest absolute Gasteiger partial charge is 0.159 e. The fourth-order valence-corrected chi connectivity index (χ4v) is 5.69. The predicted molar refractivity (Wildman–Crippen MR) is 162 cm³/mol. The van der Waals surface area contributed by atoms with E-state index in [0.29, 0.717) is 0 Å². The molecular weight excluding hydrogens is 474 g/mol. The van der Waals surface area contributed by atoms with Crippen LogP contribution < -0.4 is 0 Å². The van der Waals surface area contributed by atoms with Crippen molar-refractivity contribution in [2.24, 2.45) is 0 Å². The SMILES string of the molecule is Cc1cccc(C)c1-n1c2ccccc2c2cc(-c3ccc(-c4cccc(-c5ncccn5)c4)cc3)ccc21. The van der Waals surface area contributed by atoms with Gasteiger partial charge >= 0.3 is 0 Å². The Morgan fingerprint density at radius 3 is 1.79 bits per heavy atom. The molecule has 39 heavy (non-hydrogen) atoms. The van der Waals surface area contributed by atoms with E-state index in [2.05, 4.69) is 138 Å². The van der Waals surface area contributed by atoms with Crippen molar-refractivity contribution in [1.82, 2.24) is 14.5 Å². The van der Waals surface area contributed by atoms with Gasteiger partial charge in [0.1, 0.15) is 0 Å². The molecule has 0 saturated carbocycles. The maximum atomic E-state index is 4.40. The normalized spacial score (nSPS) is 11.3. The minimum absolute atomic E-state index is 0.740. The Morgan fingerprint density at radius 1 is 0.462 bits per heavy atom. The summed E-state index contributed by atoms with van der Waals surface area (Å²) in [4.78, 5) is 8.80. The van der Waals surface area contributed by atoms with Crippen LogP contribution in [0.25, 0.3) is 61.1 Å². The summed E-state index contributed by atoms with van der Waals surface area (Å²) >= 11 is 0. The molecule has 0 N–H and O–H groups in total. The number of hydrogen-bond donors (Lipinski definition) is 0. The van der Waals surface area contributed by atoms with Crippen molar-refractivity contribution < 1.29 is 0 Å². The largest absolute Gasteiger partial charge is 0.309 e. The molecular formula is C36H27N3. The summed E-state index contributed by atoms with van der Waals surface area (Å²) in [5, 5.41) is 2.54. The molecule has 7 aromatic rings. The molecule has 3 heteroatoms. The fourth-order valence-electron chi connectivity index (χ4n) is 5.69. The van der Waals surface area contributed by atoms with E-state index in [0.717, 1.165) is 17.0 Å². The van der Waals surface area contributed by atoms with Crippen LogP contribution in [0.1, 0.15) is 11.1 Å². The second-order valence-electron chi connectivity index (χ2n) is 10.1. The highest BCUT2D eigenvalue weighted by atomic mass is 15.0. The highest BCUT2D eigenvalue weighted by molar-refractivity contribution is 6.10. The molecule has 0 atom stereocenters. The number of aryl methyl sites for hydroxylation is 2. The molecule has 0 aliphatic rings. The third-order valence-corrected chi connectivity index (χ3v) is 7.57. The van der Waals surface area contributed by atoms with E-state index in [1.54, 1.807) is 12.4 Å². The van der Waals surface area contributed by atoms with Gasteiger partial charge < -0.3 is 4.57 Å². The van der Waals surface area contributed by atoms with Crippen LogP contribution in [0.15, 0.2) is 128 Å². The molecule has 0 spiro atoms. The summed E-state index contributed by atoms with van der Waals surface area (Å²) in [5.41, 5.74) is 12.0. The first kappa shape index (κ1) is 23.1. The first-order valence-corrected chi connectivity index (χ1v) is 13.3. The lowest BCUT2D eigenvalue weighted by Crippen LogP contribution is -1.99. The van der Waals surface area contributed by atoms with Gasteiger partial charge in [-0.25, -0.2) is 9.97 Å². The second kappa shape index (κ2) is 9.38. The van der Waals surface area contributed by atoms with Gasteiger partial charge in [-0.2, -0.15) is 0 Å². The first-order valence-electron chi connectivity index (χ1n) is 13.3. The van der Waals surface area contributed by atoms with Gasteiger partial charge in [0.25, 0.3) is 0 Å². The quantitative estimate of drug-likeness (QED) is 0.241. The van der Waals surface area contributed by atoms with E-state index < -0.39 is 0 Å². The van der Waals surface area contributed by atoms with Crippen LogP contribution in [-0.2, 0) is 0 Å². The van der Waals surface area contributed by atoms with Crippen molar-refractivity contribution in [3.05, 3.63) is 139 Å². The summed E-state index contributed by atoms with van der Waals surface area (Å²) in [5.74, 6) is 0.740. The lowest BCUT2D eigenvalue weighted by molar-refractivity contribution is 1.12. The monoisotopic (exact) mass is 501 g/mol. The van der Waals surface area contributed by atoms with Crippen molar-refractivity contribution >= 4 is 21.8 Å². The third-order valence-electron chi connectivity index (χ3n) is 7.57. The number of rotatable bonds is 4. The predicted octanol–water partition coefficient (Wildman–Crippen LogP) is 9.19. The Hall–Kier alpha value is -5.02. The Morgan fingerprint density at radius 2 is 1.05 bits per heavy atom. The molecule has 0 aliphatic heterocycles. The van der Waals surface area contributed by atoms with Crippen LogP contribution in [0.2, 0.25) is 0 Å². The van der Waals surface area contributed by atoms with Crippen LogP contribution in [0.4, 0.5) is 0 Å². The maximum Gasteiger partial charge on any atom is 0.159 e. The zero-order valence-electron chi connectivity index (χ0n) is 22.0. The van der Waals surface area contributed by atoms with Gasteiger partial charge in [0.2, 0.25) is 0 Å². The summed E-state index contributed by atoms with van der Waals surface area (Å²) in [7, 11) is 0. The number of nitrogens with zero attached hydrogens (tertiary/aromatic N) is 3. The number of para-hydroxylation sites is 2. The molecule has 0 amide bonds. The van der Waals surface area contributed by atoms with Crippen molar-refractivity contribution in [3.8, 4) is 39.3 Å². The Kier molecular flexibility index (Phi) is 5.56. The molecule has 186 valence electrons. The number of hydrogen-bond acceptors (Lipinski definition) is 2. The number of benzene rings is 5. The van der Waals surface area contributed by atoms with E-state index >= 15 is 0 Å². The Labute approximate surface area is 228 Å². The van der Waals surface area contributed by atoms with Gasteiger partial charge in [-0.05, 0) is 77.6 Å². The van der Waals surface area contributed by atoms with Crippen molar-refractivity contribution in [1.29, 1.82) is 0 Å². The van der Waals surface area contributed by atoms with E-state index in [1.807, 2.05) is 6.07 Å². The van der Waals surface area contributed by atoms with Crippen molar-refractivity contribution in [2.45, 2.75) is 13.8 Å². The fraction of sp³-hybridized carbons (Fsp3) is 0.0556. The second-order valence-corrected chi connectivity index (χ2v) is 10.1. The zero-order chi connectivity index (χ0) is 26.3. The molecule has 3 nitrogen and oxygen atoms in total. The highest BCUT2D eigenvalue weighted by Crippen LogP contribution is 2.37. The lowest BCUT2D eigenvalue weighted by Gasteiger charge is -2.14. The molecule has 0 radical (unpaired) electrons. The van der Waals surface area contributed by atoms with Gasteiger partial charge in [-0.15, -0.1) is 0 Å². The van der Waals surface area contributed by atoms with E-state index in [1.165, 1.54) is 55.3 Å². The third kappa shape index (κ3) is 4.00. The maximum absolute atomic E-state index is 4.40. The highest BCUT2D eigenvalue weighted by Gasteiger charge is 2.15. The van der Waals surface area contributed by atoms with Crippen molar-refractivity contribution in [2.75, 3.05) is 0 Å². The van der Waals surface area contributed by atoms with Gasteiger partial charge in [0, 0.05) is 28.7 Å². The van der Waals surface area contributed by atoms with E-state index in [9.17, 15) is 0 Å². The number of fused-ring (bicyclic) bond motifs is 3. The molecule has 2 heterocycles. The summed E-state index contributed by atoms with van der Waals surface area (Å²) < 4.78 is 2.42. The minimum Gasteiger partial charge on any atom is -0.309 e. The average molecular weight is 502 g/mol. The molecule has 0 aliphatic carbocycles. The Balaban J connectivity index is 1.30. The molecule has 7 rings (SSSR count). The van der Waals surface area contributed by atoms with Crippen LogP contribution >= 0.6 is 0 Å². The average Bonchev–Trinajstić information content (AvgIpc) is 3.31. The van der Waals surface area contributed by atoms with Gasteiger partial charge in [-0.3, -0.25) is 0 Å². The zero-order valence-corrected chi connectivity index (χ0v) is 22.0. The van der Waals surface area contributed by atoms with Crippen LogP contribution in [0.5, 0.6) is 0 Å². The minimum atomic E-state index is 0.740. The topological polar surface area (TPSA) is 30.7 Å². The van der Waals surface area contributed by atoms with Crippen LogP contribution in [0.3, 0.4) is 0 Å². The van der Waals surface area contributed by atoms with Gasteiger partial charge in [0.15, 0.2) is 5.82 Å². The first-order chi connectivity index (χ1) is 19.2. The lowest BCUT2D eigenvalue weighted by atomic mass is 9.98. The van der Waals surface area contributed by atoms with Crippen LogP contribution in [-0.4, -0.2) is 14.5 Å². The van der Waals surface area contributed by atoms with Gasteiger partial charge in [0.05, 0.1) is 16.7 Å². The van der Waals surface area contributed by atoms with E-state index in [-0.39, 0.29) is 0 Å². The molecule has 5 aromatic carbocycles. The Bertz CT molecular complexity index is 1950. The standard InChI is InChI=1S/C36H27N3/c1-24-8-5-9-25(2)35(24)39-33-13-4-3-12-31(33)32-23-29(18-19-34(32)39)27-16-14-26(15-17-27)28-10-6-11-30(22-28)36-37-20-7-21-38-36/h3-23H,1-2H3. The molecule has 0 bridgehead atoms. The molecule has 2 aromatic heterocycles.